The first-order chi connectivity index (χ1) is 16.2. The van der Waals surface area contributed by atoms with Crippen LogP contribution in [0.1, 0.15) is 25.3 Å². The molecule has 34 heavy (non-hydrogen) atoms. The maximum absolute atomic E-state index is 13.1. The molecule has 0 spiro atoms. The van der Waals surface area contributed by atoms with Gasteiger partial charge in [-0.2, -0.15) is 32.4 Å². The van der Waals surface area contributed by atoms with Crippen molar-refractivity contribution in [3.63, 3.8) is 0 Å². The number of sulfonamides is 1. The zero-order valence-electron chi connectivity index (χ0n) is 18.2. The number of nitrogens with one attached hydrogen (secondary N) is 1. The molecule has 1 aliphatic rings. The fraction of sp³-hybridized carbons (Fsp3) is 0.318. The molecule has 3 aromatic rings. The van der Waals surface area contributed by atoms with E-state index in [1.54, 1.807) is 19.1 Å². The number of ether oxygens (including phenoxy) is 1. The summed E-state index contributed by atoms with van der Waals surface area (Å²) in [5.41, 5.74) is -0.299. The van der Waals surface area contributed by atoms with Crippen molar-refractivity contribution in [2.24, 2.45) is 0 Å². The molecule has 1 N–H and O–H groups in total. The number of benzene rings is 2. The van der Waals surface area contributed by atoms with Crippen LogP contribution in [-0.4, -0.2) is 47.4 Å². The fourth-order valence-corrected chi connectivity index (χ4v) is 5.07. The van der Waals surface area contributed by atoms with Crippen LogP contribution in [0.3, 0.4) is 0 Å². The molecule has 2 aromatic carbocycles. The SMILES string of the molecule is CCOc1nc(Nc2cccc(C(F)(F)F)c2)nc(-c2cccc(S(=O)(=O)N3CCCC3)c2)n1. The Kier molecular flexibility index (Phi) is 6.71. The number of alkyl halides is 3. The molecule has 0 aliphatic carbocycles. The number of halogens is 3. The smallest absolute Gasteiger partial charge is 0.416 e. The van der Waals surface area contributed by atoms with E-state index in [-0.39, 0.29) is 35.0 Å². The number of rotatable bonds is 7. The van der Waals surface area contributed by atoms with Crippen molar-refractivity contribution in [3.8, 4) is 17.4 Å². The van der Waals surface area contributed by atoms with E-state index in [1.165, 1.54) is 28.6 Å². The minimum atomic E-state index is -4.50. The lowest BCUT2D eigenvalue weighted by molar-refractivity contribution is -0.137. The topological polar surface area (TPSA) is 97.3 Å². The van der Waals surface area contributed by atoms with Crippen LogP contribution in [0.5, 0.6) is 6.01 Å². The van der Waals surface area contributed by atoms with Crippen LogP contribution in [0, 0.1) is 0 Å². The van der Waals surface area contributed by atoms with E-state index in [4.69, 9.17) is 4.74 Å². The molecule has 0 amide bonds. The average molecular weight is 494 g/mol. The first-order valence-electron chi connectivity index (χ1n) is 10.6. The maximum Gasteiger partial charge on any atom is 0.416 e. The third-order valence-electron chi connectivity index (χ3n) is 5.13. The second kappa shape index (κ2) is 9.55. The average Bonchev–Trinajstić information content (AvgIpc) is 3.35. The summed E-state index contributed by atoms with van der Waals surface area (Å²) in [4.78, 5) is 12.7. The lowest BCUT2D eigenvalue weighted by Gasteiger charge is -2.16. The van der Waals surface area contributed by atoms with Gasteiger partial charge < -0.3 is 10.1 Å². The Morgan fingerprint density at radius 1 is 1.03 bits per heavy atom. The normalized spacial score (nSPS) is 14.8. The van der Waals surface area contributed by atoms with Gasteiger partial charge in [0.15, 0.2) is 5.82 Å². The fourth-order valence-electron chi connectivity index (χ4n) is 3.51. The van der Waals surface area contributed by atoms with Crippen LogP contribution in [0.15, 0.2) is 53.4 Å². The Balaban J connectivity index is 1.70. The van der Waals surface area contributed by atoms with Crippen molar-refractivity contribution in [1.82, 2.24) is 19.3 Å². The molecule has 1 aromatic heterocycles. The molecule has 0 unspecified atom stereocenters. The highest BCUT2D eigenvalue weighted by molar-refractivity contribution is 7.89. The van der Waals surface area contributed by atoms with Crippen LogP contribution in [0.25, 0.3) is 11.4 Å². The van der Waals surface area contributed by atoms with E-state index in [9.17, 15) is 21.6 Å². The van der Waals surface area contributed by atoms with Gasteiger partial charge >= 0.3 is 12.2 Å². The van der Waals surface area contributed by atoms with Gasteiger partial charge in [-0.3, -0.25) is 0 Å². The molecular weight excluding hydrogens is 471 g/mol. The predicted octanol–water partition coefficient (Wildman–Crippen LogP) is 4.48. The standard InChI is InChI=1S/C22H22F3N5O3S/c1-2-33-21-28-19(15-7-5-10-18(13-15)34(31,32)30-11-3-4-12-30)27-20(29-21)26-17-9-6-8-16(14-17)22(23,24)25/h5-10,13-14H,2-4,11-12H2,1H3,(H,26,27,28,29). The van der Waals surface area contributed by atoms with Gasteiger partial charge in [0.1, 0.15) is 0 Å². The predicted molar refractivity (Wildman–Crippen MR) is 119 cm³/mol. The van der Waals surface area contributed by atoms with Gasteiger partial charge in [0, 0.05) is 24.3 Å². The first kappa shape index (κ1) is 23.9. The number of nitrogens with zero attached hydrogens (tertiary/aromatic N) is 4. The molecule has 0 radical (unpaired) electrons. The number of aromatic nitrogens is 3. The van der Waals surface area contributed by atoms with Crippen LogP contribution in [0.4, 0.5) is 24.8 Å². The van der Waals surface area contributed by atoms with Crippen molar-refractivity contribution < 1.29 is 26.3 Å². The summed E-state index contributed by atoms with van der Waals surface area (Å²) >= 11 is 0. The molecule has 0 bridgehead atoms. The third-order valence-corrected chi connectivity index (χ3v) is 7.02. The zero-order valence-corrected chi connectivity index (χ0v) is 19.0. The van der Waals surface area contributed by atoms with Gasteiger partial charge in [-0.05, 0) is 50.1 Å². The van der Waals surface area contributed by atoms with Gasteiger partial charge in [-0.25, -0.2) is 8.42 Å². The molecule has 1 fully saturated rings. The lowest BCUT2D eigenvalue weighted by Crippen LogP contribution is -2.27. The van der Waals surface area contributed by atoms with Gasteiger partial charge in [0.05, 0.1) is 17.1 Å². The van der Waals surface area contributed by atoms with Gasteiger partial charge in [0.25, 0.3) is 0 Å². The van der Waals surface area contributed by atoms with E-state index in [2.05, 4.69) is 20.3 Å². The van der Waals surface area contributed by atoms with E-state index >= 15 is 0 Å². The minimum absolute atomic E-state index is 0.0411. The summed E-state index contributed by atoms with van der Waals surface area (Å²) in [6, 6.07) is 10.8. The minimum Gasteiger partial charge on any atom is -0.464 e. The zero-order chi connectivity index (χ0) is 24.3. The van der Waals surface area contributed by atoms with Crippen molar-refractivity contribution in [3.05, 3.63) is 54.1 Å². The lowest BCUT2D eigenvalue weighted by atomic mass is 10.2. The van der Waals surface area contributed by atoms with Gasteiger partial charge in [-0.15, -0.1) is 0 Å². The molecule has 2 heterocycles. The molecule has 0 saturated carbocycles. The Morgan fingerprint density at radius 3 is 2.47 bits per heavy atom. The molecule has 180 valence electrons. The van der Waals surface area contributed by atoms with Crippen LogP contribution < -0.4 is 10.1 Å². The van der Waals surface area contributed by atoms with Crippen molar-refractivity contribution in [2.45, 2.75) is 30.8 Å². The summed E-state index contributed by atoms with van der Waals surface area (Å²) in [7, 11) is -3.66. The summed E-state index contributed by atoms with van der Waals surface area (Å²) in [5, 5.41) is 2.75. The van der Waals surface area contributed by atoms with Crippen molar-refractivity contribution >= 4 is 21.7 Å². The van der Waals surface area contributed by atoms with Crippen LogP contribution in [0.2, 0.25) is 0 Å². The molecule has 0 atom stereocenters. The van der Waals surface area contributed by atoms with Crippen molar-refractivity contribution in [1.29, 1.82) is 0 Å². The van der Waals surface area contributed by atoms with E-state index in [0.717, 1.165) is 25.0 Å². The Bertz CT molecular complexity index is 1280. The van der Waals surface area contributed by atoms with Crippen molar-refractivity contribution in [2.75, 3.05) is 25.0 Å². The van der Waals surface area contributed by atoms with Crippen LogP contribution >= 0.6 is 0 Å². The summed E-state index contributed by atoms with van der Waals surface area (Å²) in [5.74, 6) is 0.0759. The summed E-state index contributed by atoms with van der Waals surface area (Å²) in [6.07, 6.45) is -2.87. The number of hydrogen-bond donors (Lipinski definition) is 1. The highest BCUT2D eigenvalue weighted by Crippen LogP contribution is 2.32. The Morgan fingerprint density at radius 2 is 1.76 bits per heavy atom. The first-order valence-corrected chi connectivity index (χ1v) is 12.0. The Hall–Kier alpha value is -3.25. The maximum atomic E-state index is 13.1. The Labute approximate surface area is 194 Å². The molecule has 1 aliphatic heterocycles. The number of anilines is 2. The number of hydrogen-bond acceptors (Lipinski definition) is 7. The van der Waals surface area contributed by atoms with Crippen LogP contribution in [-0.2, 0) is 16.2 Å². The van der Waals surface area contributed by atoms with Gasteiger partial charge in [0.2, 0.25) is 16.0 Å². The monoisotopic (exact) mass is 493 g/mol. The van der Waals surface area contributed by atoms with E-state index in [1.807, 2.05) is 0 Å². The molecular formula is C22H22F3N5O3S. The summed E-state index contributed by atoms with van der Waals surface area (Å²) < 4.78 is 71.9. The quantitative estimate of drug-likeness (QED) is 0.518. The second-order valence-electron chi connectivity index (χ2n) is 7.54. The highest BCUT2D eigenvalue weighted by atomic mass is 32.2. The largest absolute Gasteiger partial charge is 0.464 e. The highest BCUT2D eigenvalue weighted by Gasteiger charge is 2.30. The van der Waals surface area contributed by atoms with E-state index < -0.39 is 21.8 Å². The molecule has 12 heteroatoms. The summed E-state index contributed by atoms with van der Waals surface area (Å²) in [6.45, 7) is 2.91. The van der Waals surface area contributed by atoms with E-state index in [0.29, 0.717) is 18.7 Å². The molecule has 8 nitrogen and oxygen atoms in total. The molecule has 1 saturated heterocycles. The van der Waals surface area contributed by atoms with Gasteiger partial charge in [-0.1, -0.05) is 18.2 Å². The third kappa shape index (κ3) is 5.28. The molecule has 4 rings (SSSR count). The second-order valence-corrected chi connectivity index (χ2v) is 9.48.